The Hall–Kier alpha value is -2.55. The van der Waals surface area contributed by atoms with E-state index >= 15 is 0 Å². The molecule has 2 aromatic carbocycles. The molecule has 6 heteroatoms. The van der Waals surface area contributed by atoms with Crippen molar-refractivity contribution in [2.75, 3.05) is 6.61 Å². The minimum absolute atomic E-state index is 0.149. The van der Waals surface area contributed by atoms with E-state index < -0.39 is 0 Å². The number of halogens is 1. The van der Waals surface area contributed by atoms with Crippen molar-refractivity contribution in [3.8, 4) is 18.1 Å². The number of thiazole rings is 1. The summed E-state index contributed by atoms with van der Waals surface area (Å²) in [6.45, 7) is 4.31. The number of terminal acetylenes is 1. The van der Waals surface area contributed by atoms with Crippen LogP contribution < -0.4 is 9.54 Å². The zero-order valence-corrected chi connectivity index (χ0v) is 16.0. The second kappa shape index (κ2) is 7.77. The molecule has 0 atom stereocenters. The molecule has 0 unspecified atom stereocenters. The summed E-state index contributed by atoms with van der Waals surface area (Å²) in [7, 11) is 0. The quantitative estimate of drug-likeness (QED) is 0.635. The number of hydrogen-bond donors (Lipinski definition) is 0. The first kappa shape index (κ1) is 18.2. The Morgan fingerprint density at radius 3 is 2.65 bits per heavy atom. The summed E-state index contributed by atoms with van der Waals surface area (Å²) in [5, 5.41) is 0.611. The zero-order chi connectivity index (χ0) is 18.7. The maximum absolute atomic E-state index is 12.2. The van der Waals surface area contributed by atoms with Gasteiger partial charge in [-0.2, -0.15) is 4.99 Å². The van der Waals surface area contributed by atoms with Gasteiger partial charge in [-0.3, -0.25) is 4.79 Å². The molecule has 3 aromatic rings. The molecule has 1 heterocycles. The van der Waals surface area contributed by atoms with Gasteiger partial charge in [0.25, 0.3) is 5.91 Å². The summed E-state index contributed by atoms with van der Waals surface area (Å²) in [5.74, 6) is 2.82. The first-order chi connectivity index (χ1) is 12.5. The maximum atomic E-state index is 12.2. The lowest BCUT2D eigenvalue weighted by molar-refractivity contribution is -0.120. The number of hydrogen-bond acceptors (Lipinski definition) is 3. The van der Waals surface area contributed by atoms with Gasteiger partial charge in [-0.1, -0.05) is 28.9 Å². The Kier molecular flexibility index (Phi) is 5.46. The van der Waals surface area contributed by atoms with Gasteiger partial charge in [0, 0.05) is 5.02 Å². The van der Waals surface area contributed by atoms with Crippen LogP contribution in [0.4, 0.5) is 0 Å². The van der Waals surface area contributed by atoms with Crippen LogP contribution in [-0.4, -0.2) is 17.1 Å². The van der Waals surface area contributed by atoms with Gasteiger partial charge in [0.15, 0.2) is 11.4 Å². The normalized spacial score (nSPS) is 11.5. The number of aromatic nitrogens is 1. The predicted octanol–water partition coefficient (Wildman–Crippen LogP) is 4.11. The van der Waals surface area contributed by atoms with Crippen molar-refractivity contribution < 1.29 is 9.53 Å². The molecule has 1 amide bonds. The molecule has 0 saturated heterocycles. The Labute approximate surface area is 160 Å². The van der Waals surface area contributed by atoms with E-state index in [4.69, 9.17) is 22.8 Å². The average molecular weight is 385 g/mol. The van der Waals surface area contributed by atoms with Crippen molar-refractivity contribution in [3.05, 3.63) is 57.3 Å². The molecule has 0 N–H and O–H groups in total. The molecule has 0 aliphatic rings. The molecule has 0 spiro atoms. The molecule has 0 radical (unpaired) electrons. The van der Waals surface area contributed by atoms with E-state index in [1.165, 1.54) is 22.5 Å². The Bertz CT molecular complexity index is 1070. The topological polar surface area (TPSA) is 43.6 Å². The molecule has 0 aliphatic carbocycles. The lowest BCUT2D eigenvalue weighted by Gasteiger charge is -2.04. The van der Waals surface area contributed by atoms with Gasteiger partial charge >= 0.3 is 0 Å². The molecule has 0 saturated carbocycles. The van der Waals surface area contributed by atoms with Crippen LogP contribution in [0.5, 0.6) is 5.75 Å². The van der Waals surface area contributed by atoms with Gasteiger partial charge in [-0.05, 0) is 61.4 Å². The minimum Gasteiger partial charge on any atom is -0.484 e. The smallest absolute Gasteiger partial charge is 0.286 e. The molecule has 0 fully saturated rings. The van der Waals surface area contributed by atoms with E-state index in [1.54, 1.807) is 24.3 Å². The molecule has 26 heavy (non-hydrogen) atoms. The van der Waals surface area contributed by atoms with Crippen molar-refractivity contribution in [2.45, 2.75) is 20.4 Å². The van der Waals surface area contributed by atoms with Crippen LogP contribution in [0.25, 0.3) is 10.2 Å². The van der Waals surface area contributed by atoms with E-state index in [0.29, 0.717) is 22.1 Å². The van der Waals surface area contributed by atoms with Crippen molar-refractivity contribution in [3.63, 3.8) is 0 Å². The molecule has 3 rings (SSSR count). The highest BCUT2D eigenvalue weighted by atomic mass is 35.5. The number of nitrogens with zero attached hydrogens (tertiary/aromatic N) is 2. The van der Waals surface area contributed by atoms with Gasteiger partial charge in [0.05, 0.1) is 16.8 Å². The highest BCUT2D eigenvalue weighted by molar-refractivity contribution is 7.16. The van der Waals surface area contributed by atoms with Crippen LogP contribution in [0.2, 0.25) is 5.02 Å². The largest absolute Gasteiger partial charge is 0.484 e. The van der Waals surface area contributed by atoms with Gasteiger partial charge in [0.2, 0.25) is 0 Å². The van der Waals surface area contributed by atoms with Crippen molar-refractivity contribution in [1.29, 1.82) is 0 Å². The number of ether oxygens (including phenoxy) is 1. The molecule has 0 bridgehead atoms. The molecule has 0 aliphatic heterocycles. The van der Waals surface area contributed by atoms with E-state index in [2.05, 4.69) is 36.9 Å². The third kappa shape index (κ3) is 3.98. The number of amides is 1. The number of fused-ring (bicyclic) bond motifs is 1. The molecule has 1 aromatic heterocycles. The molecule has 4 nitrogen and oxygen atoms in total. The standard InChI is InChI=1S/C20H17ClN2O2S/c1-4-9-23-17-10-13(2)14(3)11-18(17)26-20(23)22-19(24)12-25-16-7-5-15(21)6-8-16/h1,5-8,10-11H,9,12H2,2-3H3. The number of benzene rings is 2. The van der Waals surface area contributed by atoms with Crippen molar-refractivity contribution in [2.24, 2.45) is 4.99 Å². The van der Waals surface area contributed by atoms with Crippen LogP contribution in [0.15, 0.2) is 41.4 Å². The third-order valence-electron chi connectivity index (χ3n) is 3.94. The average Bonchev–Trinajstić information content (AvgIpc) is 2.92. The van der Waals surface area contributed by atoms with Crippen molar-refractivity contribution in [1.82, 2.24) is 4.57 Å². The second-order valence-corrected chi connectivity index (χ2v) is 7.27. The Balaban J connectivity index is 1.90. The van der Waals surface area contributed by atoms with E-state index in [-0.39, 0.29) is 12.5 Å². The number of carbonyl (C=O) groups is 1. The maximum Gasteiger partial charge on any atom is 0.286 e. The van der Waals surface area contributed by atoms with Gasteiger partial charge < -0.3 is 9.30 Å². The first-order valence-corrected chi connectivity index (χ1v) is 9.17. The summed E-state index contributed by atoms with van der Waals surface area (Å²) in [6, 6.07) is 11.0. The Morgan fingerprint density at radius 1 is 1.27 bits per heavy atom. The van der Waals surface area contributed by atoms with Crippen LogP contribution in [0.1, 0.15) is 11.1 Å². The zero-order valence-electron chi connectivity index (χ0n) is 14.5. The van der Waals surface area contributed by atoms with E-state index in [0.717, 1.165) is 10.2 Å². The molecular formula is C20H17ClN2O2S. The monoisotopic (exact) mass is 384 g/mol. The highest BCUT2D eigenvalue weighted by Gasteiger charge is 2.09. The lowest BCUT2D eigenvalue weighted by Crippen LogP contribution is -2.19. The fourth-order valence-electron chi connectivity index (χ4n) is 2.47. The third-order valence-corrected chi connectivity index (χ3v) is 5.24. The molecular weight excluding hydrogens is 368 g/mol. The Morgan fingerprint density at radius 2 is 1.96 bits per heavy atom. The fraction of sp³-hybridized carbons (Fsp3) is 0.200. The lowest BCUT2D eigenvalue weighted by atomic mass is 10.1. The van der Waals surface area contributed by atoms with Crippen molar-refractivity contribution >= 4 is 39.1 Å². The first-order valence-electron chi connectivity index (χ1n) is 7.98. The number of carbonyl (C=O) groups excluding carboxylic acids is 1. The van der Waals surface area contributed by atoms with Gasteiger partial charge in [-0.25, -0.2) is 0 Å². The summed E-state index contributed by atoms with van der Waals surface area (Å²) in [4.78, 5) is 17.0. The SMILES string of the molecule is C#CCn1c(=NC(=O)COc2ccc(Cl)cc2)sc2cc(C)c(C)cc21. The number of rotatable bonds is 4. The van der Waals surface area contributed by atoms with E-state index in [1.807, 2.05) is 4.57 Å². The predicted molar refractivity (Wildman–Crippen MR) is 106 cm³/mol. The number of aryl methyl sites for hydroxylation is 2. The highest BCUT2D eigenvalue weighted by Crippen LogP contribution is 2.22. The van der Waals surface area contributed by atoms with Crippen LogP contribution in [-0.2, 0) is 11.3 Å². The van der Waals surface area contributed by atoms with E-state index in [9.17, 15) is 4.79 Å². The summed E-state index contributed by atoms with van der Waals surface area (Å²) >= 11 is 7.28. The summed E-state index contributed by atoms with van der Waals surface area (Å²) < 4.78 is 8.39. The molecule has 132 valence electrons. The van der Waals surface area contributed by atoms with Gasteiger partial charge in [-0.15, -0.1) is 6.42 Å². The summed E-state index contributed by atoms with van der Waals surface area (Å²) in [5.41, 5.74) is 3.35. The minimum atomic E-state index is -0.370. The fourth-order valence-corrected chi connectivity index (χ4v) is 3.72. The van der Waals surface area contributed by atoms with Crippen LogP contribution in [0.3, 0.4) is 0 Å². The van der Waals surface area contributed by atoms with Gasteiger partial charge in [0.1, 0.15) is 5.75 Å². The van der Waals surface area contributed by atoms with Crippen LogP contribution >= 0.6 is 22.9 Å². The second-order valence-electron chi connectivity index (χ2n) is 5.83. The summed E-state index contributed by atoms with van der Waals surface area (Å²) in [6.07, 6.45) is 5.50. The van der Waals surface area contributed by atoms with Crippen LogP contribution in [0, 0.1) is 26.2 Å².